The van der Waals surface area contributed by atoms with Gasteiger partial charge in [-0.3, -0.25) is 0 Å². The molecule has 0 saturated carbocycles. The molecule has 0 radical (unpaired) electrons. The normalized spacial score (nSPS) is 10.8. The summed E-state index contributed by atoms with van der Waals surface area (Å²) in [4.78, 5) is 0. The molecule has 0 aliphatic rings. The monoisotopic (exact) mass is 472 g/mol. The van der Waals surface area contributed by atoms with Gasteiger partial charge in [0, 0.05) is 22.1 Å². The fourth-order valence-corrected chi connectivity index (χ4v) is 3.53. The van der Waals surface area contributed by atoms with E-state index >= 15 is 4.39 Å². The van der Waals surface area contributed by atoms with E-state index in [0.29, 0.717) is 16.3 Å². The minimum absolute atomic E-state index is 0.194. The summed E-state index contributed by atoms with van der Waals surface area (Å²) in [6.45, 7) is 2.14. The van der Waals surface area contributed by atoms with Crippen LogP contribution in [0.3, 0.4) is 0 Å². The molecule has 0 unspecified atom stereocenters. The molecule has 0 aliphatic carbocycles. The Balaban J connectivity index is 1.52. The predicted octanol–water partition coefficient (Wildman–Crippen LogP) is 7.63. The van der Waals surface area contributed by atoms with Gasteiger partial charge in [0.1, 0.15) is 11.6 Å². The highest BCUT2D eigenvalue weighted by Gasteiger charge is 2.30. The number of halogens is 4. The summed E-state index contributed by atoms with van der Waals surface area (Å²) in [6, 6.07) is 21.9. The highest BCUT2D eigenvalue weighted by atomic mass is 19.4. The summed E-state index contributed by atoms with van der Waals surface area (Å²) in [5, 5.41) is 1.12. The van der Waals surface area contributed by atoms with Gasteiger partial charge in [0.2, 0.25) is 0 Å². The molecular formula is C30H20F4O. The Bertz CT molecular complexity index is 1460. The van der Waals surface area contributed by atoms with Crippen LogP contribution in [0.2, 0.25) is 0 Å². The molecule has 0 N–H and O–H groups in total. The molecule has 0 amide bonds. The van der Waals surface area contributed by atoms with Crippen molar-refractivity contribution in [1.82, 2.24) is 0 Å². The number of alkyl halides is 3. The molecular weight excluding hydrogens is 452 g/mol. The number of rotatable bonds is 3. The highest BCUT2D eigenvalue weighted by Crippen LogP contribution is 2.24. The summed E-state index contributed by atoms with van der Waals surface area (Å²) < 4.78 is 55.7. The first-order valence-electron chi connectivity index (χ1n) is 11.0. The third kappa shape index (κ3) is 6.43. The van der Waals surface area contributed by atoms with Crippen molar-refractivity contribution in [3.05, 3.63) is 112 Å². The van der Waals surface area contributed by atoms with E-state index in [1.807, 2.05) is 18.2 Å². The molecule has 4 rings (SSSR count). The third-order valence-corrected chi connectivity index (χ3v) is 5.23. The van der Waals surface area contributed by atoms with Crippen molar-refractivity contribution in [1.29, 1.82) is 0 Å². The first-order valence-corrected chi connectivity index (χ1v) is 11.0. The SMILES string of the molecule is CCCc1ccc(C#Cc2ccc3c(F)c(C#Cc4ccc(OC(F)(F)F)cc4)ccc3c2)cc1. The Morgan fingerprint density at radius 1 is 0.714 bits per heavy atom. The lowest BCUT2D eigenvalue weighted by molar-refractivity contribution is -0.274. The predicted molar refractivity (Wildman–Crippen MR) is 129 cm³/mol. The lowest BCUT2D eigenvalue weighted by Crippen LogP contribution is -2.16. The molecule has 35 heavy (non-hydrogen) atoms. The van der Waals surface area contributed by atoms with Crippen molar-refractivity contribution in [3.63, 3.8) is 0 Å². The molecule has 0 aliphatic heterocycles. The van der Waals surface area contributed by atoms with Crippen LogP contribution >= 0.6 is 0 Å². The minimum atomic E-state index is -4.76. The molecule has 0 atom stereocenters. The molecule has 0 heterocycles. The quantitative estimate of drug-likeness (QED) is 0.220. The average molecular weight is 472 g/mol. The zero-order valence-electron chi connectivity index (χ0n) is 18.8. The third-order valence-electron chi connectivity index (χ3n) is 5.23. The van der Waals surface area contributed by atoms with Gasteiger partial charge in [-0.15, -0.1) is 13.2 Å². The fourth-order valence-electron chi connectivity index (χ4n) is 3.53. The van der Waals surface area contributed by atoms with Gasteiger partial charge in [0.15, 0.2) is 0 Å². The number of hydrogen-bond donors (Lipinski definition) is 0. The van der Waals surface area contributed by atoms with Crippen molar-refractivity contribution in [3.8, 4) is 29.4 Å². The number of aryl methyl sites for hydroxylation is 1. The summed E-state index contributed by atoms with van der Waals surface area (Å²) in [7, 11) is 0. The molecule has 174 valence electrons. The van der Waals surface area contributed by atoms with Crippen LogP contribution < -0.4 is 4.74 Å². The standard InChI is InChI=1S/C30H20F4O/c1-2-3-21-4-6-22(7-5-21)8-9-24-13-19-28-26(20-24)16-15-25(29(28)31)14-10-23-11-17-27(18-12-23)35-30(32,33)34/h4-7,11-13,15-20H,2-3H2,1H3. The smallest absolute Gasteiger partial charge is 0.406 e. The molecule has 4 aromatic carbocycles. The van der Waals surface area contributed by atoms with Gasteiger partial charge in [0.25, 0.3) is 0 Å². The van der Waals surface area contributed by atoms with Gasteiger partial charge in [-0.2, -0.15) is 0 Å². The van der Waals surface area contributed by atoms with E-state index < -0.39 is 12.2 Å². The lowest BCUT2D eigenvalue weighted by Gasteiger charge is -2.08. The zero-order chi connectivity index (χ0) is 24.8. The molecule has 0 bridgehead atoms. The van der Waals surface area contributed by atoms with Gasteiger partial charge >= 0.3 is 6.36 Å². The Morgan fingerprint density at radius 2 is 1.31 bits per heavy atom. The summed E-state index contributed by atoms with van der Waals surface area (Å²) in [6.07, 6.45) is -2.62. The first kappa shape index (κ1) is 23.9. The van der Waals surface area contributed by atoms with E-state index in [0.717, 1.165) is 36.1 Å². The Labute approximate surface area is 201 Å². The topological polar surface area (TPSA) is 9.23 Å². The molecule has 5 heteroatoms. The van der Waals surface area contributed by atoms with Crippen LogP contribution in [0.15, 0.2) is 78.9 Å². The van der Waals surface area contributed by atoms with E-state index in [2.05, 4.69) is 47.5 Å². The molecule has 0 saturated heterocycles. The van der Waals surface area contributed by atoms with E-state index in [9.17, 15) is 13.2 Å². The van der Waals surface area contributed by atoms with Crippen LogP contribution in [0.4, 0.5) is 17.6 Å². The second kappa shape index (κ2) is 10.4. The van der Waals surface area contributed by atoms with Crippen molar-refractivity contribution >= 4 is 10.8 Å². The molecule has 0 aromatic heterocycles. The summed E-state index contributed by atoms with van der Waals surface area (Å²) in [5.74, 6) is 11.0. The van der Waals surface area contributed by atoms with Gasteiger partial charge in [-0.25, -0.2) is 4.39 Å². The second-order valence-corrected chi connectivity index (χ2v) is 7.88. The van der Waals surface area contributed by atoms with Crippen LogP contribution in [-0.4, -0.2) is 6.36 Å². The van der Waals surface area contributed by atoms with Crippen LogP contribution in [0, 0.1) is 29.5 Å². The fraction of sp³-hybridized carbons (Fsp3) is 0.133. The van der Waals surface area contributed by atoms with Crippen molar-refractivity contribution in [2.75, 3.05) is 0 Å². The van der Waals surface area contributed by atoms with E-state index in [1.54, 1.807) is 24.3 Å². The average Bonchev–Trinajstić information content (AvgIpc) is 2.83. The lowest BCUT2D eigenvalue weighted by atomic mass is 10.0. The maximum absolute atomic E-state index is 15.0. The summed E-state index contributed by atoms with van der Waals surface area (Å²) >= 11 is 0. The Hall–Kier alpha value is -4.22. The second-order valence-electron chi connectivity index (χ2n) is 7.88. The van der Waals surface area contributed by atoms with E-state index in [4.69, 9.17) is 0 Å². The molecule has 4 aromatic rings. The number of ether oxygens (including phenoxy) is 1. The maximum Gasteiger partial charge on any atom is 0.573 e. The Kier molecular flexibility index (Phi) is 7.09. The van der Waals surface area contributed by atoms with E-state index in [-0.39, 0.29) is 11.3 Å². The maximum atomic E-state index is 15.0. The molecule has 0 spiro atoms. The number of benzene rings is 4. The molecule has 0 fully saturated rings. The van der Waals surface area contributed by atoms with Gasteiger partial charge in [-0.1, -0.05) is 61.3 Å². The van der Waals surface area contributed by atoms with Crippen LogP contribution in [0.25, 0.3) is 10.8 Å². The van der Waals surface area contributed by atoms with Crippen LogP contribution in [-0.2, 0) is 6.42 Å². The largest absolute Gasteiger partial charge is 0.573 e. The van der Waals surface area contributed by atoms with Crippen LogP contribution in [0.5, 0.6) is 5.75 Å². The molecule has 1 nitrogen and oxygen atoms in total. The van der Waals surface area contributed by atoms with Gasteiger partial charge < -0.3 is 4.74 Å². The minimum Gasteiger partial charge on any atom is -0.406 e. The zero-order valence-corrected chi connectivity index (χ0v) is 18.8. The number of hydrogen-bond acceptors (Lipinski definition) is 1. The first-order chi connectivity index (χ1) is 16.8. The van der Waals surface area contributed by atoms with Gasteiger partial charge in [-0.05, 0) is 72.0 Å². The van der Waals surface area contributed by atoms with Gasteiger partial charge in [0.05, 0.1) is 5.56 Å². The number of fused-ring (bicyclic) bond motifs is 1. The highest BCUT2D eigenvalue weighted by molar-refractivity contribution is 5.86. The van der Waals surface area contributed by atoms with Crippen molar-refractivity contribution < 1.29 is 22.3 Å². The van der Waals surface area contributed by atoms with Crippen molar-refractivity contribution in [2.45, 2.75) is 26.1 Å². The van der Waals surface area contributed by atoms with Crippen molar-refractivity contribution in [2.24, 2.45) is 0 Å². The Morgan fingerprint density at radius 3 is 1.97 bits per heavy atom. The van der Waals surface area contributed by atoms with E-state index in [1.165, 1.54) is 17.7 Å². The van der Waals surface area contributed by atoms with Crippen LogP contribution in [0.1, 0.15) is 41.2 Å². The summed E-state index contributed by atoms with van der Waals surface area (Å²) in [5.41, 5.74) is 3.60.